The van der Waals surface area contributed by atoms with E-state index in [0.717, 1.165) is 43.9 Å². The Morgan fingerprint density at radius 3 is 1.76 bits per heavy atom. The van der Waals surface area contributed by atoms with Crippen molar-refractivity contribution in [1.29, 1.82) is 0 Å². The molecular formula is C25H27F2N3O3S. The number of hydrogen-bond acceptors (Lipinski definition) is 5. The number of halogens is 2. The van der Waals surface area contributed by atoms with Crippen molar-refractivity contribution in [2.75, 3.05) is 39.3 Å². The molecule has 9 heteroatoms. The van der Waals surface area contributed by atoms with E-state index >= 15 is 0 Å². The fourth-order valence-corrected chi connectivity index (χ4v) is 4.68. The molecule has 4 rings (SSSR count). The van der Waals surface area contributed by atoms with Gasteiger partial charge in [0.15, 0.2) is 0 Å². The second-order valence-corrected chi connectivity index (χ2v) is 9.81. The number of nitrogens with two attached hydrogens (primary N) is 1. The minimum atomic E-state index is -3.72. The summed E-state index contributed by atoms with van der Waals surface area (Å²) in [5.41, 5.74) is 1.93. The van der Waals surface area contributed by atoms with Gasteiger partial charge in [-0.2, -0.15) is 0 Å². The highest BCUT2D eigenvalue weighted by molar-refractivity contribution is 7.89. The summed E-state index contributed by atoms with van der Waals surface area (Å²) in [5, 5.41) is 5.11. The monoisotopic (exact) mass is 487 g/mol. The summed E-state index contributed by atoms with van der Waals surface area (Å²) in [7, 11) is -3.72. The summed E-state index contributed by atoms with van der Waals surface area (Å²) < 4.78 is 55.4. The maximum absolute atomic E-state index is 13.5. The second-order valence-electron chi connectivity index (χ2n) is 8.25. The number of sulfonamides is 1. The first kappa shape index (κ1) is 24.3. The predicted octanol–water partition coefficient (Wildman–Crippen LogP) is 3.40. The van der Waals surface area contributed by atoms with Gasteiger partial charge in [-0.1, -0.05) is 24.3 Å². The third-order valence-electron chi connectivity index (χ3n) is 5.97. The maximum Gasteiger partial charge on any atom is 0.238 e. The first-order valence-corrected chi connectivity index (χ1v) is 12.6. The number of rotatable bonds is 8. The molecule has 0 atom stereocenters. The molecule has 0 aliphatic carbocycles. The van der Waals surface area contributed by atoms with Crippen LogP contribution < -0.4 is 9.88 Å². The van der Waals surface area contributed by atoms with Crippen molar-refractivity contribution in [3.63, 3.8) is 0 Å². The Kier molecular flexibility index (Phi) is 7.57. The van der Waals surface area contributed by atoms with Gasteiger partial charge in [-0.3, -0.25) is 9.80 Å². The highest BCUT2D eigenvalue weighted by atomic mass is 32.2. The van der Waals surface area contributed by atoms with Gasteiger partial charge in [0.25, 0.3) is 0 Å². The van der Waals surface area contributed by atoms with Gasteiger partial charge in [0.2, 0.25) is 10.0 Å². The van der Waals surface area contributed by atoms with Crippen LogP contribution in [-0.4, -0.2) is 57.5 Å². The topological polar surface area (TPSA) is 75.9 Å². The van der Waals surface area contributed by atoms with Crippen molar-refractivity contribution in [2.24, 2.45) is 5.14 Å². The number of ether oxygens (including phenoxy) is 1. The molecule has 3 aromatic carbocycles. The normalized spacial score (nSPS) is 15.5. The van der Waals surface area contributed by atoms with Crippen molar-refractivity contribution in [3.8, 4) is 5.75 Å². The van der Waals surface area contributed by atoms with E-state index in [4.69, 9.17) is 9.88 Å². The molecule has 0 spiro atoms. The standard InChI is InChI=1S/C25H27F2N3O3S/c26-21-5-1-19(2-6-21)25(20-3-7-22(27)8-4-20)30-15-13-29(14-16-30)17-18-33-23-9-11-24(12-10-23)34(28,31)32/h1-12,25H,13-18H2,(H2,28,31,32). The molecule has 6 nitrogen and oxygen atoms in total. The van der Waals surface area contributed by atoms with E-state index in [9.17, 15) is 17.2 Å². The Morgan fingerprint density at radius 2 is 1.29 bits per heavy atom. The molecule has 0 aromatic heterocycles. The fourth-order valence-electron chi connectivity index (χ4n) is 4.17. The molecule has 1 fully saturated rings. The lowest BCUT2D eigenvalue weighted by Crippen LogP contribution is -2.48. The largest absolute Gasteiger partial charge is 0.492 e. The number of nitrogens with zero attached hydrogens (tertiary/aromatic N) is 2. The molecule has 0 amide bonds. The summed E-state index contributed by atoms with van der Waals surface area (Å²) >= 11 is 0. The first-order chi connectivity index (χ1) is 16.3. The third-order valence-corrected chi connectivity index (χ3v) is 6.90. The van der Waals surface area contributed by atoms with Gasteiger partial charge < -0.3 is 4.74 Å². The number of benzene rings is 3. The van der Waals surface area contributed by atoms with Crippen molar-refractivity contribution in [3.05, 3.63) is 95.6 Å². The van der Waals surface area contributed by atoms with Crippen molar-refractivity contribution in [1.82, 2.24) is 9.80 Å². The molecule has 0 bridgehead atoms. The van der Waals surface area contributed by atoms with Gasteiger partial charge in [0.1, 0.15) is 24.0 Å². The van der Waals surface area contributed by atoms with Gasteiger partial charge in [0.05, 0.1) is 10.9 Å². The van der Waals surface area contributed by atoms with Crippen LogP contribution in [0.2, 0.25) is 0 Å². The number of piperazine rings is 1. The Labute approximate surface area is 198 Å². The highest BCUT2D eigenvalue weighted by Gasteiger charge is 2.26. The van der Waals surface area contributed by atoms with Crippen molar-refractivity contribution < 1.29 is 21.9 Å². The molecule has 1 saturated heterocycles. The lowest BCUT2D eigenvalue weighted by Gasteiger charge is -2.39. The second kappa shape index (κ2) is 10.6. The van der Waals surface area contributed by atoms with E-state index < -0.39 is 10.0 Å². The van der Waals surface area contributed by atoms with Crippen LogP contribution in [0.5, 0.6) is 5.75 Å². The van der Waals surface area contributed by atoms with Crippen LogP contribution in [-0.2, 0) is 10.0 Å². The Hall–Kier alpha value is -2.85. The average molecular weight is 488 g/mol. The van der Waals surface area contributed by atoms with Gasteiger partial charge in [-0.15, -0.1) is 0 Å². The SMILES string of the molecule is NS(=O)(=O)c1ccc(OCCN2CCN(C(c3ccc(F)cc3)c3ccc(F)cc3)CC2)cc1. The van der Waals surface area contributed by atoms with Gasteiger partial charge in [0, 0.05) is 32.7 Å². The van der Waals surface area contributed by atoms with E-state index in [1.165, 1.54) is 36.4 Å². The number of primary sulfonamides is 1. The van der Waals surface area contributed by atoms with Crippen LogP contribution in [0.25, 0.3) is 0 Å². The van der Waals surface area contributed by atoms with E-state index in [0.29, 0.717) is 12.4 Å². The van der Waals surface area contributed by atoms with Gasteiger partial charge in [-0.25, -0.2) is 22.3 Å². The smallest absolute Gasteiger partial charge is 0.238 e. The fraction of sp³-hybridized carbons (Fsp3) is 0.280. The van der Waals surface area contributed by atoms with Gasteiger partial charge in [-0.05, 0) is 59.7 Å². The first-order valence-electron chi connectivity index (χ1n) is 11.0. The summed E-state index contributed by atoms with van der Waals surface area (Å²) in [6, 6.07) is 18.9. The van der Waals surface area contributed by atoms with Crippen LogP contribution in [0, 0.1) is 11.6 Å². The van der Waals surface area contributed by atoms with E-state index in [-0.39, 0.29) is 22.6 Å². The lowest BCUT2D eigenvalue weighted by atomic mass is 9.96. The Bertz CT molecular complexity index is 1130. The van der Waals surface area contributed by atoms with E-state index in [1.54, 1.807) is 36.4 Å². The third kappa shape index (κ3) is 6.18. The van der Waals surface area contributed by atoms with E-state index in [1.807, 2.05) is 0 Å². The minimum absolute atomic E-state index is 0.0489. The van der Waals surface area contributed by atoms with Crippen molar-refractivity contribution >= 4 is 10.0 Å². The van der Waals surface area contributed by atoms with E-state index in [2.05, 4.69) is 9.80 Å². The zero-order chi connectivity index (χ0) is 24.1. The molecule has 34 heavy (non-hydrogen) atoms. The molecule has 0 unspecified atom stereocenters. The Balaban J connectivity index is 1.34. The molecule has 0 radical (unpaired) electrons. The number of hydrogen-bond donors (Lipinski definition) is 1. The van der Waals surface area contributed by atoms with Crippen LogP contribution in [0.1, 0.15) is 17.2 Å². The summed E-state index contributed by atoms with van der Waals surface area (Å²) in [6.07, 6.45) is 0. The average Bonchev–Trinajstić information content (AvgIpc) is 2.82. The van der Waals surface area contributed by atoms with Crippen LogP contribution in [0.15, 0.2) is 77.7 Å². The predicted molar refractivity (Wildman–Crippen MR) is 126 cm³/mol. The van der Waals surface area contributed by atoms with Crippen LogP contribution >= 0.6 is 0 Å². The molecule has 1 heterocycles. The summed E-state index contributed by atoms with van der Waals surface area (Å²) in [5.74, 6) is 0.00940. The van der Waals surface area contributed by atoms with Gasteiger partial charge >= 0.3 is 0 Å². The molecule has 1 aliphatic rings. The van der Waals surface area contributed by atoms with Crippen LogP contribution in [0.3, 0.4) is 0 Å². The molecule has 0 saturated carbocycles. The summed E-state index contributed by atoms with van der Waals surface area (Å²) in [6.45, 7) is 4.43. The molecule has 2 N–H and O–H groups in total. The maximum atomic E-state index is 13.5. The molecule has 3 aromatic rings. The highest BCUT2D eigenvalue weighted by Crippen LogP contribution is 2.30. The minimum Gasteiger partial charge on any atom is -0.492 e. The Morgan fingerprint density at radius 1 is 0.794 bits per heavy atom. The zero-order valence-corrected chi connectivity index (χ0v) is 19.4. The van der Waals surface area contributed by atoms with Crippen molar-refractivity contribution in [2.45, 2.75) is 10.9 Å². The summed E-state index contributed by atoms with van der Waals surface area (Å²) in [4.78, 5) is 4.67. The lowest BCUT2D eigenvalue weighted by molar-refractivity contribution is 0.0977. The quantitative estimate of drug-likeness (QED) is 0.527. The zero-order valence-electron chi connectivity index (χ0n) is 18.6. The molecule has 1 aliphatic heterocycles. The molecular weight excluding hydrogens is 460 g/mol. The van der Waals surface area contributed by atoms with Crippen LogP contribution in [0.4, 0.5) is 8.78 Å². The molecule has 180 valence electrons.